The van der Waals surface area contributed by atoms with E-state index in [1.807, 2.05) is 43.3 Å². The summed E-state index contributed by atoms with van der Waals surface area (Å²) in [4.78, 5) is 20.3. The second kappa shape index (κ2) is 8.19. The Labute approximate surface area is 173 Å². The fraction of sp³-hybridized carbons (Fsp3) is 0.375. The summed E-state index contributed by atoms with van der Waals surface area (Å²) in [5.41, 5.74) is 4.59. The Morgan fingerprint density at radius 1 is 1.03 bits per heavy atom. The summed E-state index contributed by atoms with van der Waals surface area (Å²) >= 11 is 0. The Morgan fingerprint density at radius 2 is 1.69 bits per heavy atom. The third-order valence-electron chi connectivity index (χ3n) is 5.07. The van der Waals surface area contributed by atoms with E-state index in [1.54, 1.807) is 0 Å². The highest BCUT2D eigenvalue weighted by Crippen LogP contribution is 2.30. The number of anilines is 2. The number of para-hydroxylation sites is 1. The number of hydrogen-bond donors (Lipinski definition) is 0. The van der Waals surface area contributed by atoms with Gasteiger partial charge in [-0.25, -0.2) is 4.99 Å². The van der Waals surface area contributed by atoms with E-state index in [0.29, 0.717) is 11.4 Å². The number of hydrogen-bond acceptors (Lipinski definition) is 4. The molecule has 5 heteroatoms. The van der Waals surface area contributed by atoms with E-state index >= 15 is 0 Å². The summed E-state index contributed by atoms with van der Waals surface area (Å²) < 4.78 is 0. The molecule has 1 aliphatic rings. The molecule has 0 spiro atoms. The van der Waals surface area contributed by atoms with Crippen LogP contribution in [0.15, 0.2) is 58.6 Å². The normalized spacial score (nSPS) is 15.8. The van der Waals surface area contributed by atoms with Crippen molar-refractivity contribution in [3.05, 3.63) is 54.1 Å². The molecule has 0 aromatic heterocycles. The summed E-state index contributed by atoms with van der Waals surface area (Å²) in [6, 6.07) is 15.7. The molecule has 1 aliphatic heterocycles. The number of aliphatic imine (C=N–C) groups is 1. The fourth-order valence-electron chi connectivity index (χ4n) is 3.42. The third-order valence-corrected chi connectivity index (χ3v) is 5.07. The molecule has 0 bridgehead atoms. The lowest BCUT2D eigenvalue weighted by Gasteiger charge is -2.22. The highest BCUT2D eigenvalue weighted by molar-refractivity contribution is 6.72. The van der Waals surface area contributed by atoms with Crippen molar-refractivity contribution >= 4 is 34.4 Å². The molecule has 29 heavy (non-hydrogen) atoms. The monoisotopic (exact) mass is 390 g/mol. The van der Waals surface area contributed by atoms with Crippen LogP contribution < -0.4 is 9.91 Å². The van der Waals surface area contributed by atoms with Crippen molar-refractivity contribution in [2.75, 3.05) is 23.0 Å². The van der Waals surface area contributed by atoms with Gasteiger partial charge in [-0.2, -0.15) is 10.1 Å². The van der Waals surface area contributed by atoms with E-state index in [1.165, 1.54) is 10.7 Å². The Bertz CT molecular complexity index is 951. The van der Waals surface area contributed by atoms with Crippen molar-refractivity contribution in [3.63, 3.8) is 0 Å². The maximum atomic E-state index is 13.2. The molecule has 0 saturated heterocycles. The molecule has 0 unspecified atom stereocenters. The molecule has 0 radical (unpaired) electrons. The van der Waals surface area contributed by atoms with Crippen molar-refractivity contribution in [3.8, 4) is 0 Å². The van der Waals surface area contributed by atoms with Crippen molar-refractivity contribution in [2.24, 2.45) is 15.5 Å². The molecule has 152 valence electrons. The number of amides is 1. The number of rotatable bonds is 5. The van der Waals surface area contributed by atoms with Crippen LogP contribution in [-0.4, -0.2) is 30.4 Å². The largest absolute Gasteiger partial charge is 0.372 e. The number of carbonyl (C=O) groups excluding carboxylic acids is 1. The maximum Gasteiger partial charge on any atom is 0.299 e. The van der Waals surface area contributed by atoms with Crippen LogP contribution >= 0.6 is 0 Å². The quantitative estimate of drug-likeness (QED) is 0.690. The Morgan fingerprint density at radius 3 is 2.24 bits per heavy atom. The Kier molecular flexibility index (Phi) is 5.87. The summed E-state index contributed by atoms with van der Waals surface area (Å²) in [6.07, 6.45) is 0. The molecular weight excluding hydrogens is 360 g/mol. The molecule has 0 atom stereocenters. The van der Waals surface area contributed by atoms with Crippen molar-refractivity contribution in [1.82, 2.24) is 0 Å². The molecule has 0 fully saturated rings. The van der Waals surface area contributed by atoms with Gasteiger partial charge in [0.15, 0.2) is 5.71 Å². The van der Waals surface area contributed by atoms with Gasteiger partial charge < -0.3 is 4.90 Å². The topological polar surface area (TPSA) is 48.3 Å². The SMILES string of the molecule is CCN(CC)c1ccc(N=C2C(=O)N(c3ccccc3)N=C2C(C)(C)C)c(C)c1. The lowest BCUT2D eigenvalue weighted by atomic mass is 9.87. The van der Waals surface area contributed by atoms with Crippen LogP contribution in [0.25, 0.3) is 0 Å². The molecule has 0 N–H and O–H groups in total. The third kappa shape index (κ3) is 4.24. The molecule has 1 heterocycles. The number of carbonyl (C=O) groups is 1. The van der Waals surface area contributed by atoms with E-state index in [9.17, 15) is 4.79 Å². The first-order valence-electron chi connectivity index (χ1n) is 10.2. The zero-order chi connectivity index (χ0) is 21.2. The minimum Gasteiger partial charge on any atom is -0.372 e. The number of hydrazone groups is 1. The first-order chi connectivity index (χ1) is 13.8. The smallest absolute Gasteiger partial charge is 0.299 e. The van der Waals surface area contributed by atoms with Crippen LogP contribution in [0.3, 0.4) is 0 Å². The predicted molar refractivity (Wildman–Crippen MR) is 123 cm³/mol. The summed E-state index contributed by atoms with van der Waals surface area (Å²) in [5.74, 6) is -0.187. The molecular formula is C24H30N4O. The fourth-order valence-corrected chi connectivity index (χ4v) is 3.42. The van der Waals surface area contributed by atoms with Crippen LogP contribution in [0, 0.1) is 12.3 Å². The van der Waals surface area contributed by atoms with E-state index in [2.05, 4.69) is 56.8 Å². The number of aryl methyl sites for hydroxylation is 1. The van der Waals surface area contributed by atoms with Gasteiger partial charge in [0.05, 0.1) is 17.1 Å². The van der Waals surface area contributed by atoms with E-state index in [4.69, 9.17) is 4.99 Å². The second-order valence-corrected chi connectivity index (χ2v) is 8.25. The molecule has 2 aromatic carbocycles. The van der Waals surface area contributed by atoms with Crippen LogP contribution in [0.5, 0.6) is 0 Å². The van der Waals surface area contributed by atoms with Crippen LogP contribution in [0.1, 0.15) is 40.2 Å². The van der Waals surface area contributed by atoms with Gasteiger partial charge in [0.2, 0.25) is 0 Å². The Balaban J connectivity index is 2.03. The molecule has 3 rings (SSSR count). The van der Waals surface area contributed by atoms with Gasteiger partial charge in [-0.05, 0) is 56.7 Å². The molecule has 2 aromatic rings. The van der Waals surface area contributed by atoms with E-state index in [0.717, 1.165) is 30.0 Å². The second-order valence-electron chi connectivity index (χ2n) is 8.25. The van der Waals surface area contributed by atoms with Gasteiger partial charge in [-0.1, -0.05) is 39.0 Å². The van der Waals surface area contributed by atoms with Gasteiger partial charge >= 0.3 is 0 Å². The average molecular weight is 391 g/mol. The lowest BCUT2D eigenvalue weighted by molar-refractivity contribution is -0.112. The minimum atomic E-state index is -0.299. The van der Waals surface area contributed by atoms with Gasteiger partial charge in [0.25, 0.3) is 5.91 Å². The van der Waals surface area contributed by atoms with Crippen molar-refractivity contribution in [1.29, 1.82) is 0 Å². The van der Waals surface area contributed by atoms with Gasteiger partial charge in [-0.15, -0.1) is 0 Å². The van der Waals surface area contributed by atoms with Crippen LogP contribution in [-0.2, 0) is 4.79 Å². The summed E-state index contributed by atoms with van der Waals surface area (Å²) in [7, 11) is 0. The minimum absolute atomic E-state index is 0.187. The van der Waals surface area contributed by atoms with Crippen LogP contribution in [0.4, 0.5) is 17.1 Å². The number of nitrogens with zero attached hydrogens (tertiary/aromatic N) is 4. The van der Waals surface area contributed by atoms with E-state index in [-0.39, 0.29) is 11.3 Å². The predicted octanol–water partition coefficient (Wildman–Crippen LogP) is 5.36. The van der Waals surface area contributed by atoms with Crippen LogP contribution in [0.2, 0.25) is 0 Å². The van der Waals surface area contributed by atoms with Crippen molar-refractivity contribution < 1.29 is 4.79 Å². The molecule has 0 saturated carbocycles. The van der Waals surface area contributed by atoms with Crippen molar-refractivity contribution in [2.45, 2.75) is 41.5 Å². The van der Waals surface area contributed by atoms with Gasteiger partial charge in [-0.3, -0.25) is 4.79 Å². The lowest BCUT2D eigenvalue weighted by Crippen LogP contribution is -2.32. The first kappa shape index (κ1) is 20.8. The molecule has 1 amide bonds. The maximum absolute atomic E-state index is 13.2. The standard InChI is InChI=1S/C24H30N4O/c1-7-27(8-2)19-14-15-20(17(3)16-19)25-21-22(24(4,5)6)26-28(23(21)29)18-12-10-9-11-13-18/h9-16H,7-8H2,1-6H3. The average Bonchev–Trinajstić information content (AvgIpc) is 3.02. The Hall–Kier alpha value is -2.95. The zero-order valence-electron chi connectivity index (χ0n) is 18.2. The highest BCUT2D eigenvalue weighted by atomic mass is 16.2. The summed E-state index contributed by atoms with van der Waals surface area (Å²) in [5, 5.41) is 6.11. The first-order valence-corrected chi connectivity index (χ1v) is 10.2. The molecule has 5 nitrogen and oxygen atoms in total. The van der Waals surface area contributed by atoms with Gasteiger partial charge in [0.1, 0.15) is 0 Å². The molecule has 0 aliphatic carbocycles. The highest BCUT2D eigenvalue weighted by Gasteiger charge is 2.38. The zero-order valence-corrected chi connectivity index (χ0v) is 18.2. The van der Waals surface area contributed by atoms with E-state index < -0.39 is 0 Å². The summed E-state index contributed by atoms with van der Waals surface area (Å²) in [6.45, 7) is 14.4. The number of benzene rings is 2. The van der Waals surface area contributed by atoms with Gasteiger partial charge in [0, 0.05) is 24.2 Å².